The van der Waals surface area contributed by atoms with E-state index in [0.29, 0.717) is 25.4 Å². The van der Waals surface area contributed by atoms with Gasteiger partial charge in [-0.1, -0.05) is 5.16 Å². The fraction of sp³-hybridized carbons (Fsp3) is 0.789. The van der Waals surface area contributed by atoms with E-state index in [0.717, 1.165) is 49.1 Å². The molecule has 3 aliphatic carbocycles. The minimum atomic E-state index is -2.53. The quantitative estimate of drug-likeness (QED) is 0.847. The summed E-state index contributed by atoms with van der Waals surface area (Å²) < 4.78 is 38.6. The van der Waals surface area contributed by atoms with Crippen LogP contribution in [0.4, 0.5) is 8.78 Å². The van der Waals surface area contributed by atoms with Crippen LogP contribution in [0, 0.1) is 6.42 Å². The summed E-state index contributed by atoms with van der Waals surface area (Å²) in [6.07, 6.45) is 6.98. The van der Waals surface area contributed by atoms with E-state index in [1.54, 1.807) is 0 Å². The van der Waals surface area contributed by atoms with Crippen molar-refractivity contribution in [2.75, 3.05) is 0 Å². The highest BCUT2D eigenvalue weighted by Gasteiger charge is 2.39. The molecule has 25 heavy (non-hydrogen) atoms. The van der Waals surface area contributed by atoms with E-state index in [2.05, 4.69) is 5.16 Å². The van der Waals surface area contributed by atoms with Crippen molar-refractivity contribution in [3.05, 3.63) is 23.4 Å². The van der Waals surface area contributed by atoms with Gasteiger partial charge in [-0.15, -0.1) is 0 Å². The Morgan fingerprint density at radius 2 is 1.88 bits per heavy atom. The number of aromatic nitrogens is 1. The van der Waals surface area contributed by atoms with E-state index in [9.17, 15) is 13.9 Å². The Bertz CT molecular complexity index is 581. The lowest BCUT2D eigenvalue weighted by atomic mass is 9.83. The minimum absolute atomic E-state index is 0.0502. The first kappa shape index (κ1) is 17.4. The van der Waals surface area contributed by atoms with Crippen molar-refractivity contribution in [3.8, 4) is 0 Å². The van der Waals surface area contributed by atoms with Gasteiger partial charge in [0.2, 0.25) is 5.92 Å². The molecule has 2 atom stereocenters. The molecule has 4 rings (SSSR count). The van der Waals surface area contributed by atoms with E-state index >= 15 is 0 Å². The summed E-state index contributed by atoms with van der Waals surface area (Å²) in [7, 11) is 0. The predicted molar refractivity (Wildman–Crippen MR) is 87.4 cm³/mol. The van der Waals surface area contributed by atoms with Gasteiger partial charge in [-0.25, -0.2) is 8.78 Å². The highest BCUT2D eigenvalue weighted by atomic mass is 19.3. The van der Waals surface area contributed by atoms with Gasteiger partial charge in [0, 0.05) is 30.2 Å². The molecule has 3 saturated carbocycles. The number of halogens is 2. The number of aliphatic hydroxyl groups excluding tert-OH is 1. The third-order valence-corrected chi connectivity index (χ3v) is 5.82. The van der Waals surface area contributed by atoms with Gasteiger partial charge in [0.25, 0.3) is 0 Å². The van der Waals surface area contributed by atoms with Crippen LogP contribution < -0.4 is 0 Å². The Morgan fingerprint density at radius 1 is 1.12 bits per heavy atom. The van der Waals surface area contributed by atoms with Gasteiger partial charge in [-0.2, -0.15) is 0 Å². The second-order valence-corrected chi connectivity index (χ2v) is 7.86. The van der Waals surface area contributed by atoms with E-state index in [4.69, 9.17) is 9.26 Å². The largest absolute Gasteiger partial charge is 0.393 e. The summed E-state index contributed by atoms with van der Waals surface area (Å²) in [6.45, 7) is 0.437. The van der Waals surface area contributed by atoms with Crippen molar-refractivity contribution in [3.63, 3.8) is 0 Å². The molecule has 1 aromatic rings. The fourth-order valence-electron chi connectivity index (χ4n) is 4.03. The molecular weight excluding hydrogens is 328 g/mol. The molecular formula is C19H26F2NO3. The van der Waals surface area contributed by atoms with Crippen LogP contribution in [-0.4, -0.2) is 28.4 Å². The molecule has 0 aliphatic heterocycles. The van der Waals surface area contributed by atoms with Crippen LogP contribution in [0.5, 0.6) is 0 Å². The van der Waals surface area contributed by atoms with E-state index in [1.165, 1.54) is 0 Å². The van der Waals surface area contributed by atoms with Crippen molar-refractivity contribution in [2.24, 2.45) is 0 Å². The number of aliphatic hydroxyl groups is 1. The second-order valence-electron chi connectivity index (χ2n) is 7.86. The molecule has 3 fully saturated rings. The number of ether oxygens (including phenoxy) is 1. The summed E-state index contributed by atoms with van der Waals surface area (Å²) in [5, 5.41) is 13.8. The lowest BCUT2D eigenvalue weighted by molar-refractivity contribution is -0.0389. The zero-order valence-corrected chi connectivity index (χ0v) is 14.4. The average molecular weight is 354 g/mol. The Morgan fingerprint density at radius 3 is 2.52 bits per heavy atom. The summed E-state index contributed by atoms with van der Waals surface area (Å²) >= 11 is 0. The maximum Gasteiger partial charge on any atom is 0.248 e. The first-order chi connectivity index (χ1) is 12.0. The monoisotopic (exact) mass is 354 g/mol. The molecule has 1 heterocycles. The van der Waals surface area contributed by atoms with Crippen LogP contribution in [0.2, 0.25) is 0 Å². The van der Waals surface area contributed by atoms with Crippen LogP contribution in [-0.2, 0) is 11.3 Å². The first-order valence-corrected chi connectivity index (χ1v) is 9.51. The van der Waals surface area contributed by atoms with Crippen LogP contribution >= 0.6 is 0 Å². The third kappa shape index (κ3) is 4.05. The molecule has 0 bridgehead atoms. The molecule has 4 nitrogen and oxygen atoms in total. The Balaban J connectivity index is 1.45. The highest BCUT2D eigenvalue weighted by Crippen LogP contribution is 2.47. The fourth-order valence-corrected chi connectivity index (χ4v) is 4.03. The van der Waals surface area contributed by atoms with E-state index < -0.39 is 5.92 Å². The average Bonchev–Trinajstić information content (AvgIpc) is 3.35. The number of rotatable bonds is 5. The molecule has 0 spiro atoms. The van der Waals surface area contributed by atoms with Gasteiger partial charge in [-0.3, -0.25) is 0 Å². The zero-order chi connectivity index (χ0) is 17.4. The molecule has 6 heteroatoms. The van der Waals surface area contributed by atoms with Crippen molar-refractivity contribution >= 4 is 0 Å². The molecule has 3 aliphatic rings. The van der Waals surface area contributed by atoms with Crippen LogP contribution in [0.1, 0.15) is 86.6 Å². The maximum atomic E-state index is 13.5. The molecule has 139 valence electrons. The summed E-state index contributed by atoms with van der Waals surface area (Å²) in [6, 6.07) is 0. The minimum Gasteiger partial charge on any atom is -0.393 e. The lowest BCUT2D eigenvalue weighted by Gasteiger charge is -2.28. The number of hydrogen-bond donors (Lipinski definition) is 1. The normalized spacial score (nSPS) is 30.5. The van der Waals surface area contributed by atoms with Crippen LogP contribution in [0.15, 0.2) is 4.52 Å². The van der Waals surface area contributed by atoms with Gasteiger partial charge < -0.3 is 14.4 Å². The molecule has 1 aromatic heterocycles. The second kappa shape index (κ2) is 6.95. The topological polar surface area (TPSA) is 55.5 Å². The van der Waals surface area contributed by atoms with Crippen LogP contribution in [0.3, 0.4) is 0 Å². The van der Waals surface area contributed by atoms with E-state index in [1.807, 2.05) is 6.42 Å². The highest BCUT2D eigenvalue weighted by molar-refractivity contribution is 5.30. The van der Waals surface area contributed by atoms with Gasteiger partial charge in [0.1, 0.15) is 5.76 Å². The Labute approximate surface area is 146 Å². The van der Waals surface area contributed by atoms with Gasteiger partial charge >= 0.3 is 0 Å². The van der Waals surface area contributed by atoms with Gasteiger partial charge in [0.15, 0.2) is 0 Å². The molecule has 1 N–H and O–H groups in total. The molecule has 1 radical (unpaired) electrons. The third-order valence-electron chi connectivity index (χ3n) is 5.82. The standard InChI is InChI=1S/C19H26F2NO3/c20-19(21)9-7-12(8-10-19)17-16(18(25-22-17)13-1-2-13)11-24-15-5-3-14(23)4-6-15/h3,12-15,23H,1-2,4-11H2/t14-,15-/m1/s1. The Hall–Kier alpha value is -1.01. The summed E-state index contributed by atoms with van der Waals surface area (Å²) in [5.74, 6) is -1.15. The zero-order valence-electron chi connectivity index (χ0n) is 14.4. The molecule has 0 unspecified atom stereocenters. The number of hydrogen-bond acceptors (Lipinski definition) is 4. The first-order valence-electron chi connectivity index (χ1n) is 9.51. The van der Waals surface area contributed by atoms with Crippen molar-refractivity contribution in [1.29, 1.82) is 0 Å². The lowest BCUT2D eigenvalue weighted by Crippen LogP contribution is -2.26. The van der Waals surface area contributed by atoms with Gasteiger partial charge in [-0.05, 0) is 51.4 Å². The van der Waals surface area contributed by atoms with Crippen LogP contribution in [0.25, 0.3) is 0 Å². The van der Waals surface area contributed by atoms with Gasteiger partial charge in [0.05, 0.1) is 24.5 Å². The SMILES string of the molecule is O[C@@H]1[CH]C[C@@H](OCc2c(C3CCC(F)(F)CC3)noc2C2CC2)CC1. The molecule has 0 saturated heterocycles. The van der Waals surface area contributed by atoms with Crippen molar-refractivity contribution < 1.29 is 23.1 Å². The summed E-state index contributed by atoms with van der Waals surface area (Å²) in [4.78, 5) is 0. The number of nitrogens with zero attached hydrogens (tertiary/aromatic N) is 1. The smallest absolute Gasteiger partial charge is 0.248 e. The summed E-state index contributed by atoms with van der Waals surface area (Å²) in [5.41, 5.74) is 1.85. The molecule has 0 aromatic carbocycles. The van der Waals surface area contributed by atoms with E-state index in [-0.39, 0.29) is 31.0 Å². The maximum absolute atomic E-state index is 13.5. The predicted octanol–water partition coefficient (Wildman–Crippen LogP) is 4.48. The van der Waals surface area contributed by atoms with Crippen molar-refractivity contribution in [1.82, 2.24) is 5.16 Å². The molecule has 0 amide bonds. The Kier molecular flexibility index (Phi) is 4.84. The number of alkyl halides is 2. The van der Waals surface area contributed by atoms with Crippen molar-refractivity contribution in [2.45, 2.75) is 94.4 Å².